The highest BCUT2D eigenvalue weighted by Gasteiger charge is 2.22. The first-order chi connectivity index (χ1) is 12.0. The van der Waals surface area contributed by atoms with Gasteiger partial charge >= 0.3 is 0 Å². The molecular weight excluding hydrogens is 358 g/mol. The monoisotopic (exact) mass is 377 g/mol. The first-order valence-corrected chi connectivity index (χ1v) is 10.0. The molecule has 0 amide bonds. The molecule has 0 spiro atoms. The van der Waals surface area contributed by atoms with E-state index < -0.39 is 10.0 Å². The minimum Gasteiger partial charge on any atom is -0.342 e. The van der Waals surface area contributed by atoms with Gasteiger partial charge in [0.1, 0.15) is 0 Å². The Morgan fingerprint density at radius 1 is 1.08 bits per heavy atom. The van der Waals surface area contributed by atoms with E-state index in [9.17, 15) is 8.42 Å². The van der Waals surface area contributed by atoms with Gasteiger partial charge in [0.25, 0.3) is 10.0 Å². The van der Waals surface area contributed by atoms with Crippen molar-refractivity contribution in [3.63, 3.8) is 0 Å². The largest absolute Gasteiger partial charge is 0.342 e. The van der Waals surface area contributed by atoms with Gasteiger partial charge in [-0.25, -0.2) is 13.1 Å². The SMILES string of the molecule is O=S(=O)(NC1=NCCCN1CCc1ccccc1)c1ccc(Cl)cc1. The van der Waals surface area contributed by atoms with Gasteiger partial charge in [-0.05, 0) is 42.7 Å². The van der Waals surface area contributed by atoms with Crippen molar-refractivity contribution in [3.05, 3.63) is 65.2 Å². The van der Waals surface area contributed by atoms with Crippen molar-refractivity contribution >= 4 is 27.6 Å². The van der Waals surface area contributed by atoms with Crippen molar-refractivity contribution in [2.24, 2.45) is 4.99 Å². The summed E-state index contributed by atoms with van der Waals surface area (Å²) in [7, 11) is -3.67. The third-order valence-corrected chi connectivity index (χ3v) is 5.61. The van der Waals surface area contributed by atoms with Gasteiger partial charge in [-0.3, -0.25) is 4.99 Å². The van der Waals surface area contributed by atoms with E-state index in [1.54, 1.807) is 12.1 Å². The molecule has 0 bridgehead atoms. The first kappa shape index (κ1) is 17.8. The number of guanidine groups is 1. The van der Waals surface area contributed by atoms with Gasteiger partial charge in [0.2, 0.25) is 5.96 Å². The molecule has 0 aromatic heterocycles. The topological polar surface area (TPSA) is 61.8 Å². The number of rotatable bonds is 5. The van der Waals surface area contributed by atoms with Crippen molar-refractivity contribution in [1.29, 1.82) is 0 Å². The van der Waals surface area contributed by atoms with Crippen LogP contribution in [0.4, 0.5) is 0 Å². The van der Waals surface area contributed by atoms with Gasteiger partial charge in [0.05, 0.1) is 4.90 Å². The average Bonchev–Trinajstić information content (AvgIpc) is 2.62. The standard InChI is InChI=1S/C18H20ClN3O2S/c19-16-7-9-17(10-8-16)25(23,24)21-18-20-12-4-13-22(18)14-11-15-5-2-1-3-6-15/h1-3,5-10H,4,11-14H2,(H,20,21). The van der Waals surface area contributed by atoms with Crippen LogP contribution in [0.3, 0.4) is 0 Å². The number of halogens is 1. The predicted molar refractivity (Wildman–Crippen MR) is 100 cm³/mol. The maximum atomic E-state index is 12.6. The van der Waals surface area contributed by atoms with Gasteiger partial charge in [-0.1, -0.05) is 41.9 Å². The van der Waals surface area contributed by atoms with Gasteiger partial charge in [-0.2, -0.15) is 0 Å². The number of hydrogen-bond acceptors (Lipinski definition) is 4. The fourth-order valence-electron chi connectivity index (χ4n) is 2.67. The Kier molecular flexibility index (Phi) is 5.60. The van der Waals surface area contributed by atoms with Crippen molar-refractivity contribution < 1.29 is 8.42 Å². The van der Waals surface area contributed by atoms with Gasteiger partial charge in [0, 0.05) is 24.7 Å². The smallest absolute Gasteiger partial charge is 0.264 e. The van der Waals surface area contributed by atoms with E-state index in [0.717, 1.165) is 19.4 Å². The summed E-state index contributed by atoms with van der Waals surface area (Å²) in [6.07, 6.45) is 1.75. The highest BCUT2D eigenvalue weighted by Crippen LogP contribution is 2.15. The van der Waals surface area contributed by atoms with E-state index in [2.05, 4.69) is 21.8 Å². The summed E-state index contributed by atoms with van der Waals surface area (Å²) in [6, 6.07) is 16.2. The van der Waals surface area contributed by atoms with E-state index in [1.807, 2.05) is 23.1 Å². The molecule has 0 fully saturated rings. The summed E-state index contributed by atoms with van der Waals surface area (Å²) < 4.78 is 27.8. The van der Waals surface area contributed by atoms with Crippen LogP contribution in [-0.4, -0.2) is 38.9 Å². The summed E-state index contributed by atoms with van der Waals surface area (Å²) in [6.45, 7) is 2.13. The Morgan fingerprint density at radius 3 is 2.52 bits per heavy atom. The van der Waals surface area contributed by atoms with Crippen molar-refractivity contribution in [2.45, 2.75) is 17.7 Å². The summed E-state index contributed by atoms with van der Waals surface area (Å²) in [4.78, 5) is 6.54. The van der Waals surface area contributed by atoms with Crippen LogP contribution >= 0.6 is 11.6 Å². The zero-order valence-electron chi connectivity index (χ0n) is 13.7. The predicted octanol–water partition coefficient (Wildman–Crippen LogP) is 2.92. The Morgan fingerprint density at radius 2 is 1.80 bits per heavy atom. The number of sulfonamides is 1. The van der Waals surface area contributed by atoms with E-state index >= 15 is 0 Å². The fraction of sp³-hybridized carbons (Fsp3) is 0.278. The molecule has 1 N–H and O–H groups in total. The van der Waals surface area contributed by atoms with Crippen LogP contribution in [0.15, 0.2) is 64.5 Å². The van der Waals surface area contributed by atoms with Crippen molar-refractivity contribution in [2.75, 3.05) is 19.6 Å². The number of nitrogens with zero attached hydrogens (tertiary/aromatic N) is 2. The van der Waals surface area contributed by atoms with Crippen LogP contribution in [0.2, 0.25) is 5.02 Å². The minimum atomic E-state index is -3.67. The molecule has 0 saturated heterocycles. The second-order valence-corrected chi connectivity index (χ2v) is 7.96. The Labute approximate surface area is 153 Å². The number of nitrogens with one attached hydrogen (secondary N) is 1. The van der Waals surface area contributed by atoms with Crippen molar-refractivity contribution in [1.82, 2.24) is 9.62 Å². The molecule has 132 valence electrons. The van der Waals surface area contributed by atoms with Crippen LogP contribution in [0.5, 0.6) is 0 Å². The molecule has 1 aliphatic rings. The molecule has 7 heteroatoms. The molecule has 3 rings (SSSR count). The van der Waals surface area contributed by atoms with E-state index in [0.29, 0.717) is 24.1 Å². The second-order valence-electron chi connectivity index (χ2n) is 5.84. The van der Waals surface area contributed by atoms with E-state index in [1.165, 1.54) is 17.7 Å². The molecule has 2 aromatic carbocycles. The minimum absolute atomic E-state index is 0.174. The molecule has 1 heterocycles. The number of benzene rings is 2. The normalized spacial score (nSPS) is 14.9. The Balaban J connectivity index is 1.70. The lowest BCUT2D eigenvalue weighted by Crippen LogP contribution is -2.47. The Hall–Kier alpha value is -2.05. The molecule has 5 nitrogen and oxygen atoms in total. The number of hydrogen-bond donors (Lipinski definition) is 1. The van der Waals surface area contributed by atoms with Crippen molar-refractivity contribution in [3.8, 4) is 0 Å². The zero-order chi connectivity index (χ0) is 17.7. The molecule has 0 atom stereocenters. The molecule has 0 saturated carbocycles. The zero-order valence-corrected chi connectivity index (χ0v) is 15.3. The molecule has 0 unspecified atom stereocenters. The third kappa shape index (κ3) is 4.74. The maximum absolute atomic E-state index is 12.6. The molecule has 2 aromatic rings. The third-order valence-electron chi connectivity index (χ3n) is 4.01. The van der Waals surface area contributed by atoms with Crippen LogP contribution < -0.4 is 4.72 Å². The van der Waals surface area contributed by atoms with E-state index in [-0.39, 0.29) is 4.90 Å². The summed E-state index contributed by atoms with van der Waals surface area (Å²) >= 11 is 5.83. The van der Waals surface area contributed by atoms with E-state index in [4.69, 9.17) is 11.6 Å². The maximum Gasteiger partial charge on any atom is 0.264 e. The van der Waals surface area contributed by atoms with Gasteiger partial charge < -0.3 is 4.90 Å². The fourth-order valence-corrected chi connectivity index (χ4v) is 3.84. The lowest BCUT2D eigenvalue weighted by molar-refractivity contribution is 0.389. The lowest BCUT2D eigenvalue weighted by atomic mass is 10.1. The molecule has 1 aliphatic heterocycles. The van der Waals surface area contributed by atoms with Crippen LogP contribution in [-0.2, 0) is 16.4 Å². The van der Waals surface area contributed by atoms with Crippen LogP contribution in [0.25, 0.3) is 0 Å². The van der Waals surface area contributed by atoms with Gasteiger partial charge in [0.15, 0.2) is 0 Å². The molecular formula is C18H20ClN3O2S. The number of aliphatic imine (C=N–C) groups is 1. The lowest BCUT2D eigenvalue weighted by Gasteiger charge is -2.29. The molecule has 25 heavy (non-hydrogen) atoms. The summed E-state index contributed by atoms with van der Waals surface area (Å²) in [5, 5.41) is 0.499. The van der Waals surface area contributed by atoms with Crippen LogP contribution in [0.1, 0.15) is 12.0 Å². The first-order valence-electron chi connectivity index (χ1n) is 8.16. The highest BCUT2D eigenvalue weighted by molar-refractivity contribution is 7.90. The quantitative estimate of drug-likeness (QED) is 0.871. The summed E-state index contributed by atoms with van der Waals surface area (Å²) in [5.41, 5.74) is 1.22. The second kappa shape index (κ2) is 7.89. The Bertz CT molecular complexity index is 836. The average molecular weight is 378 g/mol. The molecule has 0 aliphatic carbocycles. The highest BCUT2D eigenvalue weighted by atomic mass is 35.5. The van der Waals surface area contributed by atoms with Gasteiger partial charge in [-0.15, -0.1) is 0 Å². The molecule has 0 radical (unpaired) electrons. The van der Waals surface area contributed by atoms with Crippen LogP contribution in [0, 0.1) is 0 Å². The summed E-state index contributed by atoms with van der Waals surface area (Å²) in [5.74, 6) is 0.414.